The molecule has 3 aromatic rings. The van der Waals surface area contributed by atoms with Gasteiger partial charge in [0, 0.05) is 17.3 Å². The third kappa shape index (κ3) is 3.75. The van der Waals surface area contributed by atoms with Gasteiger partial charge in [-0.3, -0.25) is 4.79 Å². The molecule has 0 saturated carbocycles. The van der Waals surface area contributed by atoms with E-state index in [9.17, 15) is 18.0 Å². The monoisotopic (exact) mass is 333 g/mol. The molecule has 0 bridgehead atoms. The molecule has 0 atom stereocenters. The van der Waals surface area contributed by atoms with Gasteiger partial charge in [-0.15, -0.1) is 10.2 Å². The molecule has 0 spiro atoms. The molecule has 0 radical (unpaired) electrons. The number of tetrazole rings is 1. The van der Waals surface area contributed by atoms with Crippen molar-refractivity contribution < 1.29 is 18.0 Å². The van der Waals surface area contributed by atoms with Crippen molar-refractivity contribution in [3.8, 4) is 11.4 Å². The van der Waals surface area contributed by atoms with Gasteiger partial charge in [-0.2, -0.15) is 4.80 Å². The Bertz CT molecular complexity index is 876. The zero-order valence-corrected chi connectivity index (χ0v) is 12.1. The van der Waals surface area contributed by atoms with Gasteiger partial charge >= 0.3 is 0 Å². The van der Waals surface area contributed by atoms with Crippen LogP contribution in [0, 0.1) is 17.5 Å². The van der Waals surface area contributed by atoms with E-state index in [1.54, 1.807) is 6.07 Å². The fourth-order valence-electron chi connectivity index (χ4n) is 2.01. The van der Waals surface area contributed by atoms with Crippen LogP contribution in [0.25, 0.3) is 11.4 Å². The van der Waals surface area contributed by atoms with Gasteiger partial charge in [-0.25, -0.2) is 13.2 Å². The van der Waals surface area contributed by atoms with Gasteiger partial charge in [0.25, 0.3) is 0 Å². The highest BCUT2D eigenvalue weighted by Crippen LogP contribution is 2.15. The van der Waals surface area contributed by atoms with Gasteiger partial charge in [0.2, 0.25) is 11.7 Å². The Morgan fingerprint density at radius 3 is 2.50 bits per heavy atom. The molecule has 0 saturated heterocycles. The number of hydrogen-bond acceptors (Lipinski definition) is 4. The third-order valence-electron chi connectivity index (χ3n) is 2.97. The molecule has 1 aromatic heterocycles. The number of rotatable bonds is 4. The first-order valence-corrected chi connectivity index (χ1v) is 6.79. The standard InChI is InChI=1S/C15H10F3N5O/c16-10-3-1-2-9(4-10)15-20-22-23(21-15)8-14(24)19-13-6-11(17)5-12(18)7-13/h1-7H,8H2,(H,19,24). The first kappa shape index (κ1) is 15.7. The number of carbonyl (C=O) groups is 1. The second-order valence-electron chi connectivity index (χ2n) is 4.86. The molecule has 9 heteroatoms. The number of aromatic nitrogens is 4. The molecular formula is C15H10F3N5O. The second-order valence-corrected chi connectivity index (χ2v) is 4.86. The summed E-state index contributed by atoms with van der Waals surface area (Å²) >= 11 is 0. The summed E-state index contributed by atoms with van der Waals surface area (Å²) in [5, 5.41) is 13.7. The third-order valence-corrected chi connectivity index (χ3v) is 2.97. The summed E-state index contributed by atoms with van der Waals surface area (Å²) in [6.07, 6.45) is 0. The van der Waals surface area contributed by atoms with Crippen LogP contribution in [0.1, 0.15) is 0 Å². The minimum absolute atomic E-state index is 0.0250. The number of anilines is 1. The predicted octanol–water partition coefficient (Wildman–Crippen LogP) is 2.40. The minimum atomic E-state index is -0.808. The van der Waals surface area contributed by atoms with Crippen molar-refractivity contribution in [1.29, 1.82) is 0 Å². The van der Waals surface area contributed by atoms with Crippen LogP contribution in [-0.4, -0.2) is 26.1 Å². The van der Waals surface area contributed by atoms with E-state index in [0.29, 0.717) is 11.6 Å². The summed E-state index contributed by atoms with van der Waals surface area (Å²) in [6.45, 7) is -0.319. The lowest BCUT2D eigenvalue weighted by molar-refractivity contribution is -0.117. The Morgan fingerprint density at radius 1 is 1.04 bits per heavy atom. The largest absolute Gasteiger partial charge is 0.324 e. The molecule has 0 aliphatic heterocycles. The molecular weight excluding hydrogens is 323 g/mol. The first-order chi connectivity index (χ1) is 11.5. The summed E-state index contributed by atoms with van der Waals surface area (Å²) in [7, 11) is 0. The lowest BCUT2D eigenvalue weighted by Crippen LogP contribution is -2.20. The lowest BCUT2D eigenvalue weighted by Gasteiger charge is -2.04. The lowest BCUT2D eigenvalue weighted by atomic mass is 10.2. The van der Waals surface area contributed by atoms with Gasteiger partial charge in [0.05, 0.1) is 0 Å². The molecule has 0 aliphatic rings. The van der Waals surface area contributed by atoms with E-state index in [2.05, 4.69) is 20.7 Å². The summed E-state index contributed by atoms with van der Waals surface area (Å²) in [5.41, 5.74) is 0.386. The van der Waals surface area contributed by atoms with Crippen LogP contribution in [-0.2, 0) is 11.3 Å². The van der Waals surface area contributed by atoms with E-state index in [-0.39, 0.29) is 18.1 Å². The topological polar surface area (TPSA) is 72.7 Å². The molecule has 2 aromatic carbocycles. The van der Waals surface area contributed by atoms with Gasteiger partial charge in [-0.1, -0.05) is 12.1 Å². The highest BCUT2D eigenvalue weighted by molar-refractivity contribution is 5.90. The quantitative estimate of drug-likeness (QED) is 0.796. The van der Waals surface area contributed by atoms with Crippen LogP contribution >= 0.6 is 0 Å². The number of nitrogens with zero attached hydrogens (tertiary/aromatic N) is 4. The van der Waals surface area contributed by atoms with Crippen molar-refractivity contribution in [2.75, 3.05) is 5.32 Å². The molecule has 122 valence electrons. The van der Waals surface area contributed by atoms with E-state index in [1.165, 1.54) is 18.2 Å². The second kappa shape index (κ2) is 6.49. The Hall–Kier alpha value is -3.23. The predicted molar refractivity (Wildman–Crippen MR) is 78.2 cm³/mol. The van der Waals surface area contributed by atoms with Crippen molar-refractivity contribution in [3.63, 3.8) is 0 Å². The number of carbonyl (C=O) groups excluding carboxylic acids is 1. The number of amides is 1. The van der Waals surface area contributed by atoms with Crippen LogP contribution in [0.5, 0.6) is 0 Å². The molecule has 0 fully saturated rings. The van der Waals surface area contributed by atoms with Gasteiger partial charge in [-0.05, 0) is 29.5 Å². The zero-order valence-electron chi connectivity index (χ0n) is 12.1. The number of benzene rings is 2. The maximum atomic E-state index is 13.2. The average molecular weight is 333 g/mol. The van der Waals surface area contributed by atoms with Crippen LogP contribution in [0.3, 0.4) is 0 Å². The van der Waals surface area contributed by atoms with Crippen LogP contribution in [0.15, 0.2) is 42.5 Å². The van der Waals surface area contributed by atoms with E-state index >= 15 is 0 Å². The normalized spacial score (nSPS) is 10.6. The van der Waals surface area contributed by atoms with Crippen molar-refractivity contribution in [1.82, 2.24) is 20.2 Å². The molecule has 0 aliphatic carbocycles. The summed E-state index contributed by atoms with van der Waals surface area (Å²) in [6, 6.07) is 8.26. The SMILES string of the molecule is O=C(Cn1nnc(-c2cccc(F)c2)n1)Nc1cc(F)cc(F)c1. The van der Waals surface area contributed by atoms with E-state index in [0.717, 1.165) is 16.9 Å². The highest BCUT2D eigenvalue weighted by atomic mass is 19.1. The number of halogens is 3. The molecule has 1 N–H and O–H groups in total. The number of hydrogen-bond donors (Lipinski definition) is 1. The molecule has 1 heterocycles. The average Bonchev–Trinajstić information content (AvgIpc) is 2.94. The summed E-state index contributed by atoms with van der Waals surface area (Å²) in [5.74, 6) is -2.51. The van der Waals surface area contributed by atoms with Crippen LogP contribution in [0.4, 0.5) is 18.9 Å². The Balaban J connectivity index is 1.69. The number of nitrogens with one attached hydrogen (secondary N) is 1. The van der Waals surface area contributed by atoms with Crippen LogP contribution in [0.2, 0.25) is 0 Å². The van der Waals surface area contributed by atoms with Crippen LogP contribution < -0.4 is 5.32 Å². The summed E-state index contributed by atoms with van der Waals surface area (Å²) in [4.78, 5) is 12.9. The van der Waals surface area contributed by atoms with Crippen molar-refractivity contribution in [2.45, 2.75) is 6.54 Å². The molecule has 6 nitrogen and oxygen atoms in total. The van der Waals surface area contributed by atoms with Crippen molar-refractivity contribution in [2.24, 2.45) is 0 Å². The maximum Gasteiger partial charge on any atom is 0.248 e. The fraction of sp³-hybridized carbons (Fsp3) is 0.0667. The Kier molecular flexibility index (Phi) is 4.23. The smallest absolute Gasteiger partial charge is 0.248 e. The molecule has 1 amide bonds. The van der Waals surface area contributed by atoms with E-state index in [1.807, 2.05) is 0 Å². The Labute approximate surface area is 133 Å². The molecule has 24 heavy (non-hydrogen) atoms. The fourth-order valence-corrected chi connectivity index (χ4v) is 2.01. The summed E-state index contributed by atoms with van der Waals surface area (Å²) < 4.78 is 39.3. The van der Waals surface area contributed by atoms with Crippen molar-refractivity contribution in [3.05, 3.63) is 59.9 Å². The highest BCUT2D eigenvalue weighted by Gasteiger charge is 2.11. The molecule has 3 rings (SSSR count). The molecule has 0 unspecified atom stereocenters. The van der Waals surface area contributed by atoms with E-state index in [4.69, 9.17) is 0 Å². The van der Waals surface area contributed by atoms with Gasteiger partial charge < -0.3 is 5.32 Å². The Morgan fingerprint density at radius 2 is 1.79 bits per heavy atom. The maximum absolute atomic E-state index is 13.2. The van der Waals surface area contributed by atoms with Crippen molar-refractivity contribution >= 4 is 11.6 Å². The van der Waals surface area contributed by atoms with Gasteiger partial charge in [0.1, 0.15) is 24.0 Å². The van der Waals surface area contributed by atoms with E-state index < -0.39 is 23.4 Å². The van der Waals surface area contributed by atoms with Gasteiger partial charge in [0.15, 0.2) is 0 Å². The first-order valence-electron chi connectivity index (χ1n) is 6.79. The minimum Gasteiger partial charge on any atom is -0.324 e. The zero-order chi connectivity index (χ0) is 17.1.